The lowest BCUT2D eigenvalue weighted by molar-refractivity contribution is -0.146. The highest BCUT2D eigenvalue weighted by Gasteiger charge is 2.40. The standard InChI is InChI=1S/C14H14N2O6S/c1-2-22-10(17)7-16-12(18)11(23-14(16)21)15-9-5-3-8(4-6-9)13(19)20/h3-6,11,15H,2,7H2,1H3,(H,19,20)/t11-/m0/s1. The van der Waals surface area contributed by atoms with Crippen molar-refractivity contribution in [1.29, 1.82) is 0 Å². The molecule has 0 bridgehead atoms. The van der Waals surface area contributed by atoms with Crippen LogP contribution in [0.5, 0.6) is 0 Å². The van der Waals surface area contributed by atoms with Gasteiger partial charge in [-0.3, -0.25) is 19.3 Å². The monoisotopic (exact) mass is 338 g/mol. The van der Waals surface area contributed by atoms with Crippen LogP contribution in [0.4, 0.5) is 10.5 Å². The van der Waals surface area contributed by atoms with Crippen molar-refractivity contribution < 1.29 is 29.0 Å². The molecule has 122 valence electrons. The lowest BCUT2D eigenvalue weighted by Gasteiger charge is -2.14. The maximum absolute atomic E-state index is 12.2. The van der Waals surface area contributed by atoms with E-state index in [2.05, 4.69) is 5.32 Å². The van der Waals surface area contributed by atoms with E-state index >= 15 is 0 Å². The Morgan fingerprint density at radius 2 is 1.96 bits per heavy atom. The van der Waals surface area contributed by atoms with E-state index in [1.54, 1.807) is 6.92 Å². The molecule has 2 rings (SSSR count). The summed E-state index contributed by atoms with van der Waals surface area (Å²) in [5, 5.41) is 10.2. The lowest BCUT2D eigenvalue weighted by atomic mass is 10.2. The smallest absolute Gasteiger partial charge is 0.335 e. The Kier molecular flexibility index (Phi) is 5.22. The number of amides is 2. The molecule has 0 aliphatic carbocycles. The zero-order chi connectivity index (χ0) is 17.0. The fraction of sp³-hybridized carbons (Fsp3) is 0.286. The predicted octanol–water partition coefficient (Wildman–Crippen LogP) is 1.38. The molecule has 1 aliphatic heterocycles. The number of ether oxygens (including phenoxy) is 1. The van der Waals surface area contributed by atoms with Gasteiger partial charge >= 0.3 is 11.9 Å². The molecule has 0 aromatic heterocycles. The highest BCUT2D eigenvalue weighted by atomic mass is 32.2. The second kappa shape index (κ2) is 7.14. The zero-order valence-corrected chi connectivity index (χ0v) is 13.0. The molecular formula is C14H14N2O6S. The number of carbonyl (C=O) groups excluding carboxylic acids is 3. The molecule has 1 fully saturated rings. The van der Waals surface area contributed by atoms with Gasteiger partial charge in [-0.25, -0.2) is 4.79 Å². The largest absolute Gasteiger partial charge is 0.478 e. The number of nitrogens with one attached hydrogen (secondary N) is 1. The second-order valence-corrected chi connectivity index (χ2v) is 5.58. The van der Waals surface area contributed by atoms with Gasteiger partial charge in [0.2, 0.25) is 0 Å². The number of thioether (sulfide) groups is 1. The average Bonchev–Trinajstić information content (AvgIpc) is 2.76. The van der Waals surface area contributed by atoms with Gasteiger partial charge < -0.3 is 15.2 Å². The number of hydrogen-bond donors (Lipinski definition) is 2. The van der Waals surface area contributed by atoms with Crippen LogP contribution >= 0.6 is 11.8 Å². The highest BCUT2D eigenvalue weighted by molar-refractivity contribution is 8.15. The number of benzene rings is 1. The van der Waals surface area contributed by atoms with E-state index in [4.69, 9.17) is 9.84 Å². The van der Waals surface area contributed by atoms with E-state index < -0.39 is 35.0 Å². The van der Waals surface area contributed by atoms with Gasteiger partial charge in [0.25, 0.3) is 11.1 Å². The SMILES string of the molecule is CCOC(=O)CN1C(=O)S[C@H](Nc2ccc(C(=O)O)cc2)C1=O. The molecule has 8 nitrogen and oxygen atoms in total. The van der Waals surface area contributed by atoms with Crippen LogP contribution in [-0.4, -0.2) is 51.6 Å². The molecule has 0 radical (unpaired) electrons. The van der Waals surface area contributed by atoms with Gasteiger partial charge in [0.15, 0.2) is 5.37 Å². The summed E-state index contributed by atoms with van der Waals surface area (Å²) in [4.78, 5) is 47.0. The summed E-state index contributed by atoms with van der Waals surface area (Å²) in [7, 11) is 0. The van der Waals surface area contributed by atoms with E-state index in [-0.39, 0.29) is 12.2 Å². The summed E-state index contributed by atoms with van der Waals surface area (Å²) in [6.45, 7) is 1.37. The fourth-order valence-corrected chi connectivity index (χ4v) is 2.78. The number of nitrogens with zero attached hydrogens (tertiary/aromatic N) is 1. The quantitative estimate of drug-likeness (QED) is 0.748. The third kappa shape index (κ3) is 4.01. The minimum absolute atomic E-state index is 0.112. The predicted molar refractivity (Wildman–Crippen MR) is 82.1 cm³/mol. The fourth-order valence-electron chi connectivity index (χ4n) is 1.88. The molecule has 1 aliphatic rings. The normalized spacial score (nSPS) is 17.3. The minimum Gasteiger partial charge on any atom is -0.478 e. The number of imide groups is 1. The number of hydrogen-bond acceptors (Lipinski definition) is 7. The Balaban J connectivity index is 2.01. The number of esters is 1. The van der Waals surface area contributed by atoms with Gasteiger partial charge in [0.1, 0.15) is 6.54 Å². The molecule has 1 saturated heterocycles. The van der Waals surface area contributed by atoms with E-state index in [0.29, 0.717) is 5.69 Å². The van der Waals surface area contributed by atoms with Crippen LogP contribution in [0, 0.1) is 0 Å². The maximum Gasteiger partial charge on any atom is 0.335 e. The van der Waals surface area contributed by atoms with Crippen molar-refractivity contribution in [2.45, 2.75) is 12.3 Å². The summed E-state index contributed by atoms with van der Waals surface area (Å²) in [5.41, 5.74) is 0.604. The van der Waals surface area contributed by atoms with Crippen LogP contribution in [0.15, 0.2) is 24.3 Å². The van der Waals surface area contributed by atoms with Gasteiger partial charge in [0.05, 0.1) is 12.2 Å². The average molecular weight is 338 g/mol. The molecule has 9 heteroatoms. The highest BCUT2D eigenvalue weighted by Crippen LogP contribution is 2.28. The first-order chi connectivity index (χ1) is 10.9. The van der Waals surface area contributed by atoms with E-state index in [1.807, 2.05) is 0 Å². The third-order valence-corrected chi connectivity index (χ3v) is 3.93. The van der Waals surface area contributed by atoms with Crippen molar-refractivity contribution in [1.82, 2.24) is 4.90 Å². The van der Waals surface area contributed by atoms with Gasteiger partial charge in [0, 0.05) is 5.69 Å². The van der Waals surface area contributed by atoms with Crippen LogP contribution in [0.3, 0.4) is 0 Å². The first kappa shape index (κ1) is 16.8. The van der Waals surface area contributed by atoms with Gasteiger partial charge in [-0.1, -0.05) is 0 Å². The molecule has 1 aromatic carbocycles. The molecule has 0 unspecified atom stereocenters. The Morgan fingerprint density at radius 3 is 2.52 bits per heavy atom. The van der Waals surface area contributed by atoms with Crippen molar-refractivity contribution in [2.75, 3.05) is 18.5 Å². The molecule has 0 spiro atoms. The number of anilines is 1. The van der Waals surface area contributed by atoms with Crippen molar-refractivity contribution in [2.24, 2.45) is 0 Å². The Hall–Kier alpha value is -2.55. The van der Waals surface area contributed by atoms with Crippen molar-refractivity contribution in [3.63, 3.8) is 0 Å². The molecule has 1 heterocycles. The molecule has 0 saturated carbocycles. The van der Waals surface area contributed by atoms with Crippen molar-refractivity contribution >= 4 is 40.5 Å². The molecule has 1 aromatic rings. The van der Waals surface area contributed by atoms with Crippen molar-refractivity contribution in [3.05, 3.63) is 29.8 Å². The number of carbonyl (C=O) groups is 4. The van der Waals surface area contributed by atoms with E-state index in [0.717, 1.165) is 16.7 Å². The van der Waals surface area contributed by atoms with E-state index in [1.165, 1.54) is 24.3 Å². The van der Waals surface area contributed by atoms with Gasteiger partial charge in [-0.05, 0) is 43.0 Å². The lowest BCUT2D eigenvalue weighted by Crippen LogP contribution is -2.38. The Bertz CT molecular complexity index is 645. The number of rotatable bonds is 6. The molecule has 23 heavy (non-hydrogen) atoms. The topological polar surface area (TPSA) is 113 Å². The van der Waals surface area contributed by atoms with Crippen LogP contribution in [0.2, 0.25) is 0 Å². The molecular weight excluding hydrogens is 324 g/mol. The van der Waals surface area contributed by atoms with Crippen LogP contribution in [-0.2, 0) is 14.3 Å². The first-order valence-electron chi connectivity index (χ1n) is 6.70. The Labute approximate surface area is 135 Å². The zero-order valence-electron chi connectivity index (χ0n) is 12.1. The van der Waals surface area contributed by atoms with Crippen LogP contribution in [0.25, 0.3) is 0 Å². The van der Waals surface area contributed by atoms with Crippen molar-refractivity contribution in [3.8, 4) is 0 Å². The van der Waals surface area contributed by atoms with Gasteiger partial charge in [-0.15, -0.1) is 0 Å². The summed E-state index contributed by atoms with van der Waals surface area (Å²) in [6, 6.07) is 5.76. The molecule has 1 atom stereocenters. The summed E-state index contributed by atoms with van der Waals surface area (Å²) < 4.78 is 4.72. The third-order valence-electron chi connectivity index (χ3n) is 2.95. The number of carboxylic acids is 1. The Morgan fingerprint density at radius 1 is 1.30 bits per heavy atom. The van der Waals surface area contributed by atoms with Crippen LogP contribution < -0.4 is 5.32 Å². The number of carboxylic acid groups (broad SMARTS) is 1. The van der Waals surface area contributed by atoms with Gasteiger partial charge in [-0.2, -0.15) is 0 Å². The van der Waals surface area contributed by atoms with Crippen LogP contribution in [0.1, 0.15) is 17.3 Å². The second-order valence-electron chi connectivity index (χ2n) is 4.52. The summed E-state index contributed by atoms with van der Waals surface area (Å²) in [5.74, 6) is -2.25. The number of aromatic carboxylic acids is 1. The maximum atomic E-state index is 12.2. The molecule has 2 N–H and O–H groups in total. The summed E-state index contributed by atoms with van der Waals surface area (Å²) in [6.07, 6.45) is 0. The van der Waals surface area contributed by atoms with E-state index in [9.17, 15) is 19.2 Å². The molecule has 2 amide bonds. The first-order valence-corrected chi connectivity index (χ1v) is 7.58. The minimum atomic E-state index is -1.06. The summed E-state index contributed by atoms with van der Waals surface area (Å²) >= 11 is 0.749.